The Bertz CT molecular complexity index is 416. The summed E-state index contributed by atoms with van der Waals surface area (Å²) < 4.78 is 6.31. The van der Waals surface area contributed by atoms with E-state index in [1.54, 1.807) is 13.0 Å². The molecule has 15 heavy (non-hydrogen) atoms. The fourth-order valence-electron chi connectivity index (χ4n) is 1.78. The second-order valence-electron chi connectivity index (χ2n) is 3.88. The molecule has 0 bridgehead atoms. The number of fused-ring (bicyclic) bond motifs is 1. The van der Waals surface area contributed by atoms with Crippen molar-refractivity contribution < 1.29 is 14.6 Å². The van der Waals surface area contributed by atoms with Crippen LogP contribution in [0.4, 0.5) is 0 Å². The van der Waals surface area contributed by atoms with E-state index in [4.69, 9.17) is 4.74 Å². The van der Waals surface area contributed by atoms with Crippen molar-refractivity contribution in [1.29, 1.82) is 0 Å². The van der Waals surface area contributed by atoms with E-state index in [1.807, 2.05) is 12.1 Å². The van der Waals surface area contributed by atoms with Crippen LogP contribution in [0.1, 0.15) is 18.9 Å². The molecule has 0 aliphatic carbocycles. The van der Waals surface area contributed by atoms with Gasteiger partial charge in [0.2, 0.25) is 0 Å². The van der Waals surface area contributed by atoms with Crippen LogP contribution in [0.3, 0.4) is 0 Å². The topological polar surface area (TPSA) is 46.5 Å². The van der Waals surface area contributed by atoms with Crippen LogP contribution in [-0.2, 0) is 10.2 Å². The molecule has 0 amide bonds. The third-order valence-electron chi connectivity index (χ3n) is 2.87. The van der Waals surface area contributed by atoms with Crippen LogP contribution >= 0.6 is 15.9 Å². The number of hydrogen-bond donors (Lipinski definition) is 1. The van der Waals surface area contributed by atoms with Crippen LogP contribution in [0.5, 0.6) is 5.75 Å². The summed E-state index contributed by atoms with van der Waals surface area (Å²) in [5.74, 6) is -0.125. The summed E-state index contributed by atoms with van der Waals surface area (Å²) in [6.45, 7) is 2.19. The summed E-state index contributed by atoms with van der Waals surface area (Å²) in [5.41, 5.74) is -0.0900. The summed E-state index contributed by atoms with van der Waals surface area (Å²) in [5, 5.41) is 9.26. The average Bonchev–Trinajstić information content (AvgIpc) is 2.19. The molecule has 0 spiro atoms. The first-order chi connectivity index (χ1) is 7.04. The minimum Gasteiger partial charge on any atom is -0.493 e. The molecule has 3 nitrogen and oxygen atoms in total. The molecule has 1 N–H and O–H groups in total. The maximum atomic E-state index is 11.3. The van der Waals surface area contributed by atoms with Crippen LogP contribution in [-0.4, -0.2) is 17.7 Å². The van der Waals surface area contributed by atoms with Gasteiger partial charge in [-0.3, -0.25) is 4.79 Å². The monoisotopic (exact) mass is 270 g/mol. The van der Waals surface area contributed by atoms with Crippen LogP contribution in [0.25, 0.3) is 0 Å². The molecule has 0 aromatic heterocycles. The summed E-state index contributed by atoms with van der Waals surface area (Å²) in [4.78, 5) is 11.3. The number of aliphatic carboxylic acids is 1. The Balaban J connectivity index is 2.59. The zero-order valence-electron chi connectivity index (χ0n) is 8.29. The first-order valence-electron chi connectivity index (χ1n) is 4.70. The number of benzene rings is 1. The standard InChI is InChI=1S/C11H11BrO3/c1-11(10(13)14)4-5-15-9-3-2-7(12)6-8(9)11/h2-3,6H,4-5H2,1H3,(H,13,14). The van der Waals surface area contributed by atoms with Crippen molar-refractivity contribution >= 4 is 21.9 Å². The molecular weight excluding hydrogens is 260 g/mol. The van der Waals surface area contributed by atoms with E-state index in [0.29, 0.717) is 18.8 Å². The zero-order chi connectivity index (χ0) is 11.1. The van der Waals surface area contributed by atoms with E-state index < -0.39 is 11.4 Å². The first-order valence-corrected chi connectivity index (χ1v) is 5.49. The summed E-state index contributed by atoms with van der Waals surface area (Å²) in [7, 11) is 0. The minimum absolute atomic E-state index is 0.456. The number of carboxylic acid groups (broad SMARTS) is 1. The lowest BCUT2D eigenvalue weighted by Gasteiger charge is -2.32. The highest BCUT2D eigenvalue weighted by molar-refractivity contribution is 9.10. The van der Waals surface area contributed by atoms with Gasteiger partial charge < -0.3 is 9.84 Å². The molecule has 1 aromatic rings. The highest BCUT2D eigenvalue weighted by Gasteiger charge is 2.40. The van der Waals surface area contributed by atoms with Gasteiger partial charge in [-0.1, -0.05) is 15.9 Å². The van der Waals surface area contributed by atoms with Gasteiger partial charge in [-0.05, 0) is 25.1 Å². The third-order valence-corrected chi connectivity index (χ3v) is 3.36. The Morgan fingerprint density at radius 2 is 2.33 bits per heavy atom. The Hall–Kier alpha value is -1.03. The summed E-state index contributed by atoms with van der Waals surface area (Å²) in [6.07, 6.45) is 0.506. The largest absolute Gasteiger partial charge is 0.493 e. The van der Waals surface area contributed by atoms with Crippen molar-refractivity contribution in [2.24, 2.45) is 0 Å². The van der Waals surface area contributed by atoms with Gasteiger partial charge in [0.25, 0.3) is 0 Å². The number of carboxylic acids is 1. The van der Waals surface area contributed by atoms with Crippen molar-refractivity contribution in [1.82, 2.24) is 0 Å². The van der Waals surface area contributed by atoms with Crippen LogP contribution in [0, 0.1) is 0 Å². The van der Waals surface area contributed by atoms with E-state index in [2.05, 4.69) is 15.9 Å². The smallest absolute Gasteiger partial charge is 0.314 e. The van der Waals surface area contributed by atoms with E-state index in [9.17, 15) is 9.90 Å². The highest BCUT2D eigenvalue weighted by atomic mass is 79.9. The second kappa shape index (κ2) is 3.52. The molecule has 1 aliphatic rings. The van der Waals surface area contributed by atoms with Gasteiger partial charge in [-0.15, -0.1) is 0 Å². The van der Waals surface area contributed by atoms with Gasteiger partial charge in [0, 0.05) is 16.5 Å². The Morgan fingerprint density at radius 3 is 3.00 bits per heavy atom. The molecule has 0 saturated carbocycles. The molecule has 1 heterocycles. The lowest BCUT2D eigenvalue weighted by Crippen LogP contribution is -2.37. The molecule has 2 rings (SSSR count). The fraction of sp³-hybridized carbons (Fsp3) is 0.364. The van der Waals surface area contributed by atoms with E-state index in [0.717, 1.165) is 10.0 Å². The van der Waals surface area contributed by atoms with Gasteiger partial charge in [-0.2, -0.15) is 0 Å². The number of hydrogen-bond acceptors (Lipinski definition) is 2. The number of rotatable bonds is 1. The van der Waals surface area contributed by atoms with Crippen molar-refractivity contribution in [3.63, 3.8) is 0 Å². The van der Waals surface area contributed by atoms with Crippen LogP contribution in [0.2, 0.25) is 0 Å². The molecule has 0 saturated heterocycles. The number of halogens is 1. The molecule has 1 aliphatic heterocycles. The zero-order valence-corrected chi connectivity index (χ0v) is 9.87. The van der Waals surface area contributed by atoms with Gasteiger partial charge >= 0.3 is 5.97 Å². The molecule has 80 valence electrons. The van der Waals surface area contributed by atoms with Gasteiger partial charge in [-0.25, -0.2) is 0 Å². The van der Waals surface area contributed by atoms with Crippen molar-refractivity contribution in [3.8, 4) is 5.75 Å². The molecular formula is C11H11BrO3. The lowest BCUT2D eigenvalue weighted by atomic mass is 9.78. The molecule has 0 radical (unpaired) electrons. The lowest BCUT2D eigenvalue weighted by molar-refractivity contribution is -0.144. The van der Waals surface area contributed by atoms with E-state index >= 15 is 0 Å². The fourth-order valence-corrected chi connectivity index (χ4v) is 2.14. The third kappa shape index (κ3) is 1.63. The molecule has 1 atom stereocenters. The molecule has 1 unspecified atom stereocenters. The normalized spacial score (nSPS) is 24.1. The quantitative estimate of drug-likeness (QED) is 0.853. The summed E-state index contributed by atoms with van der Waals surface area (Å²) >= 11 is 3.34. The molecule has 0 fully saturated rings. The first kappa shape index (κ1) is 10.5. The second-order valence-corrected chi connectivity index (χ2v) is 4.79. The van der Waals surface area contributed by atoms with Crippen LogP contribution in [0.15, 0.2) is 22.7 Å². The van der Waals surface area contributed by atoms with Gasteiger partial charge in [0.15, 0.2) is 0 Å². The van der Waals surface area contributed by atoms with Crippen molar-refractivity contribution in [2.45, 2.75) is 18.8 Å². The average molecular weight is 271 g/mol. The van der Waals surface area contributed by atoms with Gasteiger partial charge in [0.1, 0.15) is 5.75 Å². The Kier molecular flexibility index (Phi) is 2.46. The molecule has 1 aromatic carbocycles. The summed E-state index contributed by atoms with van der Waals surface area (Å²) in [6, 6.07) is 5.48. The predicted molar refractivity (Wildman–Crippen MR) is 59.2 cm³/mol. The van der Waals surface area contributed by atoms with Crippen molar-refractivity contribution in [3.05, 3.63) is 28.2 Å². The maximum Gasteiger partial charge on any atom is 0.314 e. The highest BCUT2D eigenvalue weighted by Crippen LogP contribution is 2.40. The van der Waals surface area contributed by atoms with Crippen molar-refractivity contribution in [2.75, 3.05) is 6.61 Å². The number of carbonyl (C=O) groups is 1. The number of ether oxygens (including phenoxy) is 1. The molecule has 4 heteroatoms. The predicted octanol–water partition coefficient (Wildman–Crippen LogP) is 2.57. The SMILES string of the molecule is CC1(C(=O)O)CCOc2ccc(Br)cc21. The van der Waals surface area contributed by atoms with E-state index in [-0.39, 0.29) is 0 Å². The van der Waals surface area contributed by atoms with E-state index in [1.165, 1.54) is 0 Å². The Labute approximate surface area is 96.2 Å². The van der Waals surface area contributed by atoms with Gasteiger partial charge in [0.05, 0.1) is 12.0 Å². The van der Waals surface area contributed by atoms with Crippen LogP contribution < -0.4 is 4.74 Å². The maximum absolute atomic E-state index is 11.3. The minimum atomic E-state index is -0.836. The Morgan fingerprint density at radius 1 is 1.60 bits per heavy atom.